The SMILES string of the molecule is Cc1c(C(F)(F)F)nnc(Oc2ccc(OC(C)C)c(F)c2F)c1C(=O)Nc1cccc(S(C)(=N)=O)c1. The number of nitrogens with zero attached hydrogens (tertiary/aromatic N) is 2. The highest BCUT2D eigenvalue weighted by Crippen LogP contribution is 2.36. The zero-order chi connectivity index (χ0) is 27.7. The maximum absolute atomic E-state index is 14.6. The van der Waals surface area contributed by atoms with Gasteiger partial charge in [0.15, 0.2) is 17.2 Å². The van der Waals surface area contributed by atoms with Crippen LogP contribution in [0.2, 0.25) is 0 Å². The van der Waals surface area contributed by atoms with Gasteiger partial charge in [-0.1, -0.05) is 6.07 Å². The molecular formula is C23H21F5N4O4S. The summed E-state index contributed by atoms with van der Waals surface area (Å²) in [6.07, 6.45) is -4.32. The first-order valence-electron chi connectivity index (χ1n) is 10.5. The molecule has 0 saturated carbocycles. The summed E-state index contributed by atoms with van der Waals surface area (Å²) >= 11 is 0. The summed E-state index contributed by atoms with van der Waals surface area (Å²) in [7, 11) is -3.16. The van der Waals surface area contributed by atoms with Crippen LogP contribution in [0.4, 0.5) is 27.6 Å². The topological polar surface area (TPSA) is 114 Å². The molecule has 14 heteroatoms. The van der Waals surface area contributed by atoms with Crippen LogP contribution >= 0.6 is 0 Å². The molecule has 8 nitrogen and oxygen atoms in total. The molecule has 1 heterocycles. The summed E-state index contributed by atoms with van der Waals surface area (Å²) in [4.78, 5) is 13.1. The lowest BCUT2D eigenvalue weighted by Crippen LogP contribution is -2.21. The van der Waals surface area contributed by atoms with Gasteiger partial charge in [-0.15, -0.1) is 10.2 Å². The van der Waals surface area contributed by atoms with Crippen molar-refractivity contribution in [2.24, 2.45) is 0 Å². The second-order valence-corrected chi connectivity index (χ2v) is 10.3. The summed E-state index contributed by atoms with van der Waals surface area (Å²) in [6.45, 7) is 4.12. The van der Waals surface area contributed by atoms with Crippen molar-refractivity contribution in [2.45, 2.75) is 37.9 Å². The number of carbonyl (C=O) groups is 1. The largest absolute Gasteiger partial charge is 0.488 e. The highest BCUT2D eigenvalue weighted by molar-refractivity contribution is 7.91. The van der Waals surface area contributed by atoms with E-state index in [2.05, 4.69) is 15.5 Å². The molecule has 3 aromatic rings. The molecule has 1 atom stereocenters. The van der Waals surface area contributed by atoms with E-state index in [-0.39, 0.29) is 10.6 Å². The first kappa shape index (κ1) is 27.8. The van der Waals surface area contributed by atoms with E-state index in [1.165, 1.54) is 24.3 Å². The Kier molecular flexibility index (Phi) is 7.72. The van der Waals surface area contributed by atoms with Crippen LogP contribution in [0.25, 0.3) is 0 Å². The third kappa shape index (κ3) is 6.31. The molecule has 1 unspecified atom stereocenters. The number of benzene rings is 2. The fourth-order valence-electron chi connectivity index (χ4n) is 3.16. The van der Waals surface area contributed by atoms with Crippen molar-refractivity contribution >= 4 is 21.3 Å². The third-order valence-corrected chi connectivity index (χ3v) is 5.96. The van der Waals surface area contributed by atoms with Gasteiger partial charge in [0.25, 0.3) is 11.8 Å². The van der Waals surface area contributed by atoms with E-state index in [9.17, 15) is 31.0 Å². The van der Waals surface area contributed by atoms with E-state index in [0.717, 1.165) is 25.3 Å². The average molecular weight is 545 g/mol. The fourth-order valence-corrected chi connectivity index (χ4v) is 3.85. The van der Waals surface area contributed by atoms with E-state index < -0.39 is 73.8 Å². The zero-order valence-corrected chi connectivity index (χ0v) is 20.7. The van der Waals surface area contributed by atoms with E-state index in [4.69, 9.17) is 14.3 Å². The molecule has 2 N–H and O–H groups in total. The first-order valence-corrected chi connectivity index (χ1v) is 12.5. The number of nitrogens with one attached hydrogen (secondary N) is 2. The lowest BCUT2D eigenvalue weighted by Gasteiger charge is -2.17. The Morgan fingerprint density at radius 1 is 1.08 bits per heavy atom. The minimum Gasteiger partial charge on any atom is -0.488 e. The number of carbonyl (C=O) groups excluding carboxylic acids is 1. The van der Waals surface area contributed by atoms with Crippen LogP contribution in [-0.2, 0) is 15.9 Å². The Hall–Kier alpha value is -3.81. The fraction of sp³-hybridized carbons (Fsp3) is 0.261. The predicted molar refractivity (Wildman–Crippen MR) is 123 cm³/mol. The van der Waals surface area contributed by atoms with Gasteiger partial charge in [-0.05, 0) is 56.7 Å². The molecule has 37 heavy (non-hydrogen) atoms. The van der Waals surface area contributed by atoms with Crippen LogP contribution < -0.4 is 14.8 Å². The standard InChI is InChI=1S/C23H21F5N4O4S/c1-11(2)35-15-8-9-16(19(25)18(15)24)36-22-17(12(3)20(31-32-22)23(26,27)28)21(33)30-13-6-5-7-14(10-13)37(4,29)34/h5-11,29H,1-4H3,(H,30,33). The van der Waals surface area contributed by atoms with Gasteiger partial charge in [-0.2, -0.15) is 22.0 Å². The number of hydrogen-bond donors (Lipinski definition) is 2. The summed E-state index contributed by atoms with van der Waals surface area (Å²) in [5, 5.41) is 8.70. The Bertz CT molecular complexity index is 1460. The second kappa shape index (κ2) is 10.3. The maximum Gasteiger partial charge on any atom is 0.435 e. The van der Waals surface area contributed by atoms with Crippen molar-refractivity contribution in [3.63, 3.8) is 0 Å². The summed E-state index contributed by atoms with van der Waals surface area (Å²) in [6, 6.07) is 7.34. The van der Waals surface area contributed by atoms with Crippen molar-refractivity contribution in [3.8, 4) is 17.4 Å². The van der Waals surface area contributed by atoms with Gasteiger partial charge < -0.3 is 14.8 Å². The molecule has 3 rings (SSSR count). The highest BCUT2D eigenvalue weighted by Gasteiger charge is 2.38. The summed E-state index contributed by atoms with van der Waals surface area (Å²) in [5.74, 6) is -6.12. The van der Waals surface area contributed by atoms with Crippen molar-refractivity contribution in [1.29, 1.82) is 4.78 Å². The molecule has 0 radical (unpaired) electrons. The van der Waals surface area contributed by atoms with Gasteiger partial charge >= 0.3 is 6.18 Å². The van der Waals surface area contributed by atoms with Gasteiger partial charge in [0.05, 0.1) is 15.8 Å². The first-order chi connectivity index (χ1) is 17.1. The maximum atomic E-state index is 14.6. The van der Waals surface area contributed by atoms with Crippen LogP contribution in [0.15, 0.2) is 41.3 Å². The van der Waals surface area contributed by atoms with E-state index in [0.29, 0.717) is 0 Å². The molecule has 198 valence electrons. The van der Waals surface area contributed by atoms with Gasteiger partial charge in [-0.3, -0.25) is 4.79 Å². The molecule has 2 aromatic carbocycles. The average Bonchev–Trinajstić information content (AvgIpc) is 2.77. The van der Waals surface area contributed by atoms with Crippen LogP contribution in [-0.4, -0.2) is 32.7 Å². The van der Waals surface area contributed by atoms with E-state index >= 15 is 0 Å². The molecule has 0 aliphatic rings. The smallest absolute Gasteiger partial charge is 0.435 e. The normalized spacial score (nSPS) is 13.2. The number of ether oxygens (including phenoxy) is 2. The molecule has 1 amide bonds. The summed E-state index contributed by atoms with van der Waals surface area (Å²) < 4.78 is 99.6. The van der Waals surface area contributed by atoms with Crippen LogP contribution in [0, 0.1) is 23.3 Å². The minimum absolute atomic E-state index is 0.00691. The Labute approximate surface area is 208 Å². The third-order valence-electron chi connectivity index (χ3n) is 4.80. The quantitative estimate of drug-likeness (QED) is 0.356. The van der Waals surface area contributed by atoms with Crippen LogP contribution in [0.3, 0.4) is 0 Å². The van der Waals surface area contributed by atoms with Crippen molar-refractivity contribution in [2.75, 3.05) is 11.6 Å². The molecule has 0 aliphatic carbocycles. The Morgan fingerprint density at radius 3 is 2.30 bits per heavy atom. The number of amides is 1. The molecule has 0 aliphatic heterocycles. The number of alkyl halides is 3. The van der Waals surface area contributed by atoms with E-state index in [1.54, 1.807) is 13.8 Å². The highest BCUT2D eigenvalue weighted by atomic mass is 32.2. The number of anilines is 1. The minimum atomic E-state index is -4.99. The number of halogens is 5. The molecule has 1 aromatic heterocycles. The zero-order valence-electron chi connectivity index (χ0n) is 19.9. The van der Waals surface area contributed by atoms with Gasteiger partial charge in [-0.25, -0.2) is 8.99 Å². The van der Waals surface area contributed by atoms with E-state index in [1.807, 2.05) is 0 Å². The van der Waals surface area contributed by atoms with Crippen molar-refractivity contribution < 1.29 is 40.4 Å². The Morgan fingerprint density at radius 2 is 1.70 bits per heavy atom. The van der Waals surface area contributed by atoms with Crippen molar-refractivity contribution in [1.82, 2.24) is 10.2 Å². The van der Waals surface area contributed by atoms with Gasteiger partial charge in [0.1, 0.15) is 5.56 Å². The van der Waals surface area contributed by atoms with Gasteiger partial charge in [0, 0.05) is 16.8 Å². The Balaban J connectivity index is 2.08. The molecule has 0 bridgehead atoms. The number of hydrogen-bond acceptors (Lipinski definition) is 7. The number of rotatable bonds is 7. The number of aromatic nitrogens is 2. The second-order valence-electron chi connectivity index (χ2n) is 8.14. The summed E-state index contributed by atoms with van der Waals surface area (Å²) in [5.41, 5.74) is -2.92. The lowest BCUT2D eigenvalue weighted by atomic mass is 10.1. The van der Waals surface area contributed by atoms with Crippen LogP contribution in [0.5, 0.6) is 17.4 Å². The molecule has 0 fully saturated rings. The van der Waals surface area contributed by atoms with Crippen molar-refractivity contribution in [3.05, 3.63) is 64.9 Å². The molecular weight excluding hydrogens is 523 g/mol. The van der Waals surface area contributed by atoms with Gasteiger partial charge in [0.2, 0.25) is 11.6 Å². The monoisotopic (exact) mass is 544 g/mol. The van der Waals surface area contributed by atoms with Crippen LogP contribution in [0.1, 0.15) is 35.5 Å². The lowest BCUT2D eigenvalue weighted by molar-refractivity contribution is -0.142. The predicted octanol–water partition coefficient (Wildman–Crippen LogP) is 5.95. The molecule has 0 spiro atoms. The molecule has 0 saturated heterocycles.